The highest BCUT2D eigenvalue weighted by molar-refractivity contribution is 5.81. The summed E-state index contributed by atoms with van der Waals surface area (Å²) in [6.07, 6.45) is 3.64. The van der Waals surface area contributed by atoms with Crippen molar-refractivity contribution < 1.29 is 9.53 Å². The maximum Gasteiger partial charge on any atom is 0.221 e. The number of guanidine groups is 1. The summed E-state index contributed by atoms with van der Waals surface area (Å²) in [6, 6.07) is 0.183. The molecule has 0 heterocycles. The van der Waals surface area contributed by atoms with Crippen LogP contribution >= 0.6 is 0 Å². The third-order valence-corrected chi connectivity index (χ3v) is 2.80. The van der Waals surface area contributed by atoms with Crippen molar-refractivity contribution in [2.24, 2.45) is 4.99 Å². The number of nitrogens with one attached hydrogen (secondary N) is 3. The Morgan fingerprint density at radius 1 is 1.14 bits per heavy atom. The summed E-state index contributed by atoms with van der Waals surface area (Å²) in [5.41, 5.74) is 0. The smallest absolute Gasteiger partial charge is 0.221 e. The summed E-state index contributed by atoms with van der Waals surface area (Å²) in [5, 5.41) is 9.22. The highest BCUT2D eigenvalue weighted by Gasteiger charge is 2.03. The lowest BCUT2D eigenvalue weighted by atomic mass is 10.3. The van der Waals surface area contributed by atoms with Crippen LogP contribution in [0.5, 0.6) is 0 Å². The topological polar surface area (TPSA) is 74.8 Å². The van der Waals surface area contributed by atoms with Crippen molar-refractivity contribution in [1.82, 2.24) is 16.0 Å². The number of hydrogen-bond acceptors (Lipinski definition) is 3. The Morgan fingerprint density at radius 2 is 1.86 bits per heavy atom. The Labute approximate surface area is 135 Å². The monoisotopic (exact) mass is 314 g/mol. The van der Waals surface area contributed by atoms with Crippen LogP contribution in [0.2, 0.25) is 0 Å². The average molecular weight is 314 g/mol. The van der Waals surface area contributed by atoms with E-state index in [1.807, 2.05) is 20.8 Å². The van der Waals surface area contributed by atoms with Gasteiger partial charge in [-0.25, -0.2) is 0 Å². The van der Waals surface area contributed by atoms with Gasteiger partial charge in [-0.2, -0.15) is 0 Å². The van der Waals surface area contributed by atoms with Crippen LogP contribution in [0.4, 0.5) is 0 Å². The van der Waals surface area contributed by atoms with Gasteiger partial charge in [0.1, 0.15) is 0 Å². The van der Waals surface area contributed by atoms with E-state index in [-0.39, 0.29) is 11.9 Å². The van der Waals surface area contributed by atoms with E-state index < -0.39 is 0 Å². The zero-order valence-electron chi connectivity index (χ0n) is 14.7. The third kappa shape index (κ3) is 13.7. The number of carbonyl (C=O) groups excluding carboxylic acids is 1. The summed E-state index contributed by atoms with van der Waals surface area (Å²) >= 11 is 0. The van der Waals surface area contributed by atoms with Gasteiger partial charge in [-0.15, -0.1) is 0 Å². The molecule has 0 bridgehead atoms. The van der Waals surface area contributed by atoms with E-state index in [9.17, 15) is 4.79 Å². The first-order valence-corrected chi connectivity index (χ1v) is 8.49. The SMILES string of the molecule is CCCCOCCCN=C(NCC)NCCC(=O)NC(C)C. The number of carbonyl (C=O) groups is 1. The summed E-state index contributed by atoms with van der Waals surface area (Å²) in [7, 11) is 0. The average Bonchev–Trinajstić information content (AvgIpc) is 2.45. The minimum Gasteiger partial charge on any atom is -0.381 e. The maximum absolute atomic E-state index is 11.6. The van der Waals surface area contributed by atoms with Crippen LogP contribution in [-0.2, 0) is 9.53 Å². The molecule has 0 aromatic rings. The van der Waals surface area contributed by atoms with E-state index in [4.69, 9.17) is 4.74 Å². The second-order valence-corrected chi connectivity index (χ2v) is 5.48. The Morgan fingerprint density at radius 3 is 2.50 bits per heavy atom. The van der Waals surface area contributed by atoms with Crippen LogP contribution in [0.25, 0.3) is 0 Å². The van der Waals surface area contributed by atoms with Gasteiger partial charge in [0.25, 0.3) is 0 Å². The standard InChI is InChI=1S/C16H34N4O2/c1-5-7-12-22-13-8-10-18-16(17-6-2)19-11-9-15(21)20-14(3)4/h14H,5-13H2,1-4H3,(H,20,21)(H2,17,18,19). The van der Waals surface area contributed by atoms with Gasteiger partial charge in [-0.05, 0) is 33.6 Å². The summed E-state index contributed by atoms with van der Waals surface area (Å²) < 4.78 is 5.50. The zero-order chi connectivity index (χ0) is 16.6. The lowest BCUT2D eigenvalue weighted by Crippen LogP contribution is -2.40. The molecule has 0 aromatic heterocycles. The van der Waals surface area contributed by atoms with Gasteiger partial charge in [-0.1, -0.05) is 13.3 Å². The maximum atomic E-state index is 11.6. The first-order valence-electron chi connectivity index (χ1n) is 8.49. The molecule has 0 saturated heterocycles. The first-order chi connectivity index (χ1) is 10.6. The number of hydrogen-bond donors (Lipinski definition) is 3. The number of ether oxygens (including phenoxy) is 1. The number of nitrogens with zero attached hydrogens (tertiary/aromatic N) is 1. The van der Waals surface area contributed by atoms with E-state index in [0.717, 1.165) is 51.5 Å². The van der Waals surface area contributed by atoms with Crippen molar-refractivity contribution in [2.75, 3.05) is 32.8 Å². The van der Waals surface area contributed by atoms with E-state index in [2.05, 4.69) is 27.9 Å². The van der Waals surface area contributed by atoms with Gasteiger partial charge in [0.2, 0.25) is 5.91 Å². The lowest BCUT2D eigenvalue weighted by Gasteiger charge is -2.12. The molecular formula is C16H34N4O2. The van der Waals surface area contributed by atoms with Gasteiger partial charge in [0.15, 0.2) is 5.96 Å². The predicted molar refractivity (Wildman–Crippen MR) is 92.2 cm³/mol. The van der Waals surface area contributed by atoms with Gasteiger partial charge in [0, 0.05) is 45.3 Å². The fourth-order valence-corrected chi connectivity index (χ4v) is 1.74. The molecule has 0 aliphatic rings. The zero-order valence-corrected chi connectivity index (χ0v) is 14.7. The Kier molecular flexibility index (Phi) is 13.8. The summed E-state index contributed by atoms with van der Waals surface area (Å²) in [6.45, 7) is 11.8. The summed E-state index contributed by atoms with van der Waals surface area (Å²) in [5.74, 6) is 0.816. The molecule has 0 unspecified atom stereocenters. The quantitative estimate of drug-likeness (QED) is 0.291. The molecule has 0 atom stereocenters. The highest BCUT2D eigenvalue weighted by atomic mass is 16.5. The molecule has 0 fully saturated rings. The van der Waals surface area contributed by atoms with Crippen LogP contribution in [0.1, 0.15) is 53.4 Å². The molecule has 0 saturated carbocycles. The lowest BCUT2D eigenvalue weighted by molar-refractivity contribution is -0.121. The molecule has 22 heavy (non-hydrogen) atoms. The van der Waals surface area contributed by atoms with E-state index >= 15 is 0 Å². The first kappa shape index (κ1) is 20.7. The van der Waals surface area contributed by atoms with Gasteiger partial charge in [0.05, 0.1) is 0 Å². The molecule has 1 amide bonds. The van der Waals surface area contributed by atoms with Crippen molar-refractivity contribution in [2.45, 2.75) is 59.4 Å². The molecule has 0 radical (unpaired) electrons. The molecule has 130 valence electrons. The van der Waals surface area contributed by atoms with Gasteiger partial charge >= 0.3 is 0 Å². The third-order valence-electron chi connectivity index (χ3n) is 2.80. The largest absolute Gasteiger partial charge is 0.381 e. The Balaban J connectivity index is 3.83. The van der Waals surface area contributed by atoms with Crippen molar-refractivity contribution in [3.05, 3.63) is 0 Å². The highest BCUT2D eigenvalue weighted by Crippen LogP contribution is 1.90. The number of rotatable bonds is 12. The predicted octanol–water partition coefficient (Wildman–Crippen LogP) is 1.66. The van der Waals surface area contributed by atoms with E-state index in [1.165, 1.54) is 0 Å². The molecule has 6 heteroatoms. The van der Waals surface area contributed by atoms with Crippen molar-refractivity contribution in [3.8, 4) is 0 Å². The van der Waals surface area contributed by atoms with Gasteiger partial charge < -0.3 is 20.7 Å². The molecule has 0 aliphatic heterocycles. The Hall–Kier alpha value is -1.30. The van der Waals surface area contributed by atoms with Crippen LogP contribution in [0, 0.1) is 0 Å². The van der Waals surface area contributed by atoms with Crippen LogP contribution in [-0.4, -0.2) is 50.8 Å². The molecule has 3 N–H and O–H groups in total. The molecule has 0 aliphatic carbocycles. The summed E-state index contributed by atoms with van der Waals surface area (Å²) in [4.78, 5) is 16.0. The Bertz CT molecular complexity index is 307. The number of unbranched alkanes of at least 4 members (excludes halogenated alkanes) is 1. The van der Waals surface area contributed by atoms with E-state index in [0.29, 0.717) is 13.0 Å². The fraction of sp³-hybridized carbons (Fsp3) is 0.875. The normalized spacial score (nSPS) is 11.6. The minimum absolute atomic E-state index is 0.0580. The minimum atomic E-state index is 0.0580. The van der Waals surface area contributed by atoms with Gasteiger partial charge in [-0.3, -0.25) is 9.79 Å². The molecule has 0 rings (SSSR count). The van der Waals surface area contributed by atoms with Crippen molar-refractivity contribution >= 4 is 11.9 Å². The number of amides is 1. The molecule has 0 spiro atoms. The van der Waals surface area contributed by atoms with Crippen LogP contribution < -0.4 is 16.0 Å². The molecule has 6 nitrogen and oxygen atoms in total. The molecular weight excluding hydrogens is 280 g/mol. The fourth-order valence-electron chi connectivity index (χ4n) is 1.74. The van der Waals surface area contributed by atoms with Crippen LogP contribution in [0.15, 0.2) is 4.99 Å². The molecule has 0 aromatic carbocycles. The van der Waals surface area contributed by atoms with Crippen LogP contribution in [0.3, 0.4) is 0 Å². The number of aliphatic imine (C=N–C) groups is 1. The van der Waals surface area contributed by atoms with Crippen molar-refractivity contribution in [3.63, 3.8) is 0 Å². The second kappa shape index (κ2) is 14.6. The van der Waals surface area contributed by atoms with E-state index in [1.54, 1.807) is 0 Å². The van der Waals surface area contributed by atoms with Crippen molar-refractivity contribution in [1.29, 1.82) is 0 Å². The second-order valence-electron chi connectivity index (χ2n) is 5.48.